The van der Waals surface area contributed by atoms with E-state index in [0.29, 0.717) is 5.92 Å². The van der Waals surface area contributed by atoms with Crippen molar-refractivity contribution in [2.45, 2.75) is 20.8 Å². The summed E-state index contributed by atoms with van der Waals surface area (Å²) in [6.45, 7) is 6.76. The summed E-state index contributed by atoms with van der Waals surface area (Å²) in [5, 5.41) is 0. The number of aromatic nitrogens is 1. The fourth-order valence-electron chi connectivity index (χ4n) is 1.68. The highest BCUT2D eigenvalue weighted by atomic mass is 14.7. The number of hydrogen-bond donors (Lipinski definition) is 0. The number of rotatable bonds is 1. The quantitative estimate of drug-likeness (QED) is 0.670. The van der Waals surface area contributed by atoms with Crippen LogP contribution in [-0.2, 0) is 0 Å². The number of fused-ring (bicyclic) bond motifs is 1. The van der Waals surface area contributed by atoms with Crippen LogP contribution >= 0.6 is 0 Å². The average molecular weight is 199 g/mol. The van der Waals surface area contributed by atoms with Gasteiger partial charge in [0.25, 0.3) is 0 Å². The minimum absolute atomic E-state index is 0.140. The van der Waals surface area contributed by atoms with Crippen LogP contribution in [0.25, 0.3) is 12.2 Å². The topological polar surface area (TPSA) is 12.9 Å². The van der Waals surface area contributed by atoms with Crippen molar-refractivity contribution in [3.63, 3.8) is 0 Å². The third-order valence-corrected chi connectivity index (χ3v) is 3.34. The predicted octanol–water partition coefficient (Wildman–Crippen LogP) is 3.78. The van der Waals surface area contributed by atoms with Crippen molar-refractivity contribution in [3.05, 3.63) is 41.7 Å². The van der Waals surface area contributed by atoms with Gasteiger partial charge in [-0.25, -0.2) is 0 Å². The fourth-order valence-corrected chi connectivity index (χ4v) is 1.68. The van der Waals surface area contributed by atoms with E-state index in [0.717, 1.165) is 5.69 Å². The maximum absolute atomic E-state index is 4.37. The van der Waals surface area contributed by atoms with E-state index in [1.807, 2.05) is 12.3 Å². The molecule has 15 heavy (non-hydrogen) atoms. The van der Waals surface area contributed by atoms with E-state index in [-0.39, 0.29) is 5.41 Å². The molecule has 0 bridgehead atoms. The molecule has 0 aliphatic heterocycles. The fraction of sp³-hybridized carbons (Fsp3) is 0.357. The molecule has 1 unspecified atom stereocenters. The molecule has 1 nitrogen and oxygen atoms in total. The Morgan fingerprint density at radius 3 is 2.67 bits per heavy atom. The van der Waals surface area contributed by atoms with Crippen LogP contribution in [0.15, 0.2) is 30.5 Å². The molecule has 1 aromatic heterocycles. The SMILES string of the molecule is CC(C)C1(C)C=Cc2cccnc2C=C1. The maximum Gasteiger partial charge on any atom is 0.0698 e. The molecule has 0 amide bonds. The van der Waals surface area contributed by atoms with Gasteiger partial charge in [-0.3, -0.25) is 4.98 Å². The van der Waals surface area contributed by atoms with Crippen LogP contribution in [0.5, 0.6) is 0 Å². The van der Waals surface area contributed by atoms with E-state index in [2.05, 4.69) is 56.1 Å². The standard InChI is InChI=1S/C14H17N/c1-11(2)14(3)8-6-12-5-4-10-15-13(12)7-9-14/h4-11H,1-3H3. The van der Waals surface area contributed by atoms with Gasteiger partial charge in [0.1, 0.15) is 0 Å². The van der Waals surface area contributed by atoms with Crippen LogP contribution in [0.4, 0.5) is 0 Å². The molecule has 1 aliphatic rings. The lowest BCUT2D eigenvalue weighted by Gasteiger charge is -2.26. The van der Waals surface area contributed by atoms with Crippen LogP contribution in [0.3, 0.4) is 0 Å². The molecule has 0 spiro atoms. The Bertz CT molecular complexity index is 380. The van der Waals surface area contributed by atoms with Crippen LogP contribution in [0.2, 0.25) is 0 Å². The lowest BCUT2D eigenvalue weighted by Crippen LogP contribution is -2.16. The van der Waals surface area contributed by atoms with E-state index >= 15 is 0 Å². The third-order valence-electron chi connectivity index (χ3n) is 3.34. The highest BCUT2D eigenvalue weighted by Gasteiger charge is 2.23. The van der Waals surface area contributed by atoms with Gasteiger partial charge in [0.05, 0.1) is 5.69 Å². The first kappa shape index (κ1) is 10.2. The second-order valence-corrected chi connectivity index (χ2v) is 4.67. The van der Waals surface area contributed by atoms with Gasteiger partial charge in [-0.1, -0.05) is 45.1 Å². The average Bonchev–Trinajstić information content (AvgIpc) is 2.40. The molecule has 0 saturated carbocycles. The van der Waals surface area contributed by atoms with Crippen molar-refractivity contribution in [1.82, 2.24) is 4.98 Å². The first-order valence-corrected chi connectivity index (χ1v) is 5.45. The molecule has 1 aliphatic carbocycles. The first-order chi connectivity index (χ1) is 7.12. The zero-order valence-electron chi connectivity index (χ0n) is 9.57. The summed E-state index contributed by atoms with van der Waals surface area (Å²) < 4.78 is 0. The van der Waals surface area contributed by atoms with Gasteiger partial charge < -0.3 is 0 Å². The highest BCUT2D eigenvalue weighted by molar-refractivity contribution is 5.65. The number of hydrogen-bond acceptors (Lipinski definition) is 1. The van der Waals surface area contributed by atoms with E-state index < -0.39 is 0 Å². The molecule has 0 N–H and O–H groups in total. The summed E-state index contributed by atoms with van der Waals surface area (Å²) >= 11 is 0. The zero-order valence-corrected chi connectivity index (χ0v) is 9.57. The van der Waals surface area contributed by atoms with E-state index in [4.69, 9.17) is 0 Å². The highest BCUT2D eigenvalue weighted by Crippen LogP contribution is 2.34. The minimum atomic E-state index is 0.140. The van der Waals surface area contributed by atoms with Crippen LogP contribution < -0.4 is 0 Å². The van der Waals surface area contributed by atoms with Crippen LogP contribution in [0.1, 0.15) is 32.0 Å². The number of allylic oxidation sites excluding steroid dienone is 2. The molecule has 1 atom stereocenters. The van der Waals surface area contributed by atoms with Gasteiger partial charge in [-0.15, -0.1) is 0 Å². The Morgan fingerprint density at radius 1 is 1.20 bits per heavy atom. The summed E-state index contributed by atoms with van der Waals surface area (Å²) in [6, 6.07) is 4.09. The Kier molecular flexibility index (Phi) is 2.47. The number of nitrogens with zero attached hydrogens (tertiary/aromatic N) is 1. The molecule has 1 heterocycles. The van der Waals surface area contributed by atoms with E-state index in [1.54, 1.807) is 0 Å². The van der Waals surface area contributed by atoms with Crippen molar-refractivity contribution in [3.8, 4) is 0 Å². The Hall–Kier alpha value is -1.37. The van der Waals surface area contributed by atoms with Crippen molar-refractivity contribution in [2.75, 3.05) is 0 Å². The molecular weight excluding hydrogens is 182 g/mol. The lowest BCUT2D eigenvalue weighted by atomic mass is 9.79. The second kappa shape index (κ2) is 3.65. The van der Waals surface area contributed by atoms with Gasteiger partial charge in [0, 0.05) is 11.6 Å². The summed E-state index contributed by atoms with van der Waals surface area (Å²) in [6.07, 6.45) is 10.7. The van der Waals surface area contributed by atoms with Crippen LogP contribution in [-0.4, -0.2) is 4.98 Å². The summed E-state index contributed by atoms with van der Waals surface area (Å²) in [5.74, 6) is 0.597. The molecule has 78 valence electrons. The van der Waals surface area contributed by atoms with Gasteiger partial charge in [0.2, 0.25) is 0 Å². The van der Waals surface area contributed by atoms with Gasteiger partial charge >= 0.3 is 0 Å². The number of pyridine rings is 1. The molecule has 0 fully saturated rings. The first-order valence-electron chi connectivity index (χ1n) is 5.45. The van der Waals surface area contributed by atoms with E-state index in [1.165, 1.54) is 5.56 Å². The van der Waals surface area contributed by atoms with Crippen molar-refractivity contribution in [1.29, 1.82) is 0 Å². The Balaban J connectivity index is 2.46. The molecule has 0 aromatic carbocycles. The summed E-state index contributed by atoms with van der Waals surface area (Å²) in [4.78, 5) is 4.37. The lowest BCUT2D eigenvalue weighted by molar-refractivity contribution is 0.387. The predicted molar refractivity (Wildman–Crippen MR) is 65.3 cm³/mol. The zero-order chi connectivity index (χ0) is 10.9. The molecular formula is C14H17N. The Labute approximate surface area is 91.6 Å². The van der Waals surface area contributed by atoms with Gasteiger partial charge in [-0.05, 0) is 23.6 Å². The molecule has 0 saturated heterocycles. The minimum Gasteiger partial charge on any atom is -0.256 e. The monoisotopic (exact) mass is 199 g/mol. The summed E-state index contributed by atoms with van der Waals surface area (Å²) in [7, 11) is 0. The Morgan fingerprint density at radius 2 is 1.93 bits per heavy atom. The smallest absolute Gasteiger partial charge is 0.0698 e. The van der Waals surface area contributed by atoms with Crippen LogP contribution in [0, 0.1) is 11.3 Å². The van der Waals surface area contributed by atoms with E-state index in [9.17, 15) is 0 Å². The molecule has 1 heteroatoms. The molecule has 2 rings (SSSR count). The largest absolute Gasteiger partial charge is 0.256 e. The van der Waals surface area contributed by atoms with Gasteiger partial charge in [0.15, 0.2) is 0 Å². The third kappa shape index (κ3) is 1.87. The molecule has 0 radical (unpaired) electrons. The van der Waals surface area contributed by atoms with Crippen molar-refractivity contribution < 1.29 is 0 Å². The maximum atomic E-state index is 4.37. The summed E-state index contributed by atoms with van der Waals surface area (Å²) in [5.41, 5.74) is 2.41. The van der Waals surface area contributed by atoms with Gasteiger partial charge in [-0.2, -0.15) is 0 Å². The normalized spacial score (nSPS) is 24.0. The molecule has 1 aromatic rings. The second-order valence-electron chi connectivity index (χ2n) is 4.67. The van der Waals surface area contributed by atoms with Crippen molar-refractivity contribution in [2.24, 2.45) is 11.3 Å². The van der Waals surface area contributed by atoms with Crippen molar-refractivity contribution >= 4 is 12.2 Å².